The normalized spacial score (nSPS) is 13.0. The molecule has 1 unspecified atom stereocenters. The third-order valence-electron chi connectivity index (χ3n) is 6.43. The molecule has 2 N–H and O–H groups in total. The molecule has 0 radical (unpaired) electrons. The van der Waals surface area contributed by atoms with Crippen LogP contribution in [0.15, 0.2) is 48.5 Å². The van der Waals surface area contributed by atoms with Crippen molar-refractivity contribution in [3.05, 3.63) is 59.7 Å². The number of ether oxygens (including phenoxy) is 1. The number of carbonyl (C=O) groups excluding carboxylic acids is 2. The van der Waals surface area contributed by atoms with Gasteiger partial charge in [-0.05, 0) is 41.0 Å². The summed E-state index contributed by atoms with van der Waals surface area (Å²) in [5.41, 5.74) is 4.74. The number of carboxylic acids is 1. The summed E-state index contributed by atoms with van der Waals surface area (Å²) in [7, 11) is 1.50. The number of hydrogen-bond acceptors (Lipinski definition) is 4. The number of nitrogens with one attached hydrogen (secondary N) is 1. The zero-order valence-electron chi connectivity index (χ0n) is 20.0. The number of nitrogens with zero attached hydrogens (tertiary/aromatic N) is 1. The van der Waals surface area contributed by atoms with E-state index < -0.39 is 12.1 Å². The molecule has 182 valence electrons. The summed E-state index contributed by atoms with van der Waals surface area (Å²) < 4.78 is 5.58. The monoisotopic (exact) mass is 466 g/mol. The fourth-order valence-corrected chi connectivity index (χ4v) is 4.68. The molecule has 0 heterocycles. The molecule has 2 aromatic carbocycles. The van der Waals surface area contributed by atoms with Crippen LogP contribution in [-0.4, -0.2) is 54.7 Å². The van der Waals surface area contributed by atoms with Gasteiger partial charge in [0.05, 0.1) is 0 Å². The lowest BCUT2D eigenvalue weighted by Gasteiger charge is -2.19. The average Bonchev–Trinajstić information content (AvgIpc) is 3.14. The second-order valence-corrected chi connectivity index (χ2v) is 8.88. The quantitative estimate of drug-likeness (QED) is 0.475. The van der Waals surface area contributed by atoms with Gasteiger partial charge in [0.25, 0.3) is 0 Å². The zero-order chi connectivity index (χ0) is 24.5. The van der Waals surface area contributed by atoms with Crippen LogP contribution in [0.3, 0.4) is 0 Å². The zero-order valence-corrected chi connectivity index (χ0v) is 20.0. The van der Waals surface area contributed by atoms with E-state index in [1.54, 1.807) is 0 Å². The number of amides is 2. The van der Waals surface area contributed by atoms with Crippen molar-refractivity contribution in [2.75, 3.05) is 26.7 Å². The third-order valence-corrected chi connectivity index (χ3v) is 6.43. The topological polar surface area (TPSA) is 95.9 Å². The van der Waals surface area contributed by atoms with E-state index in [1.807, 2.05) is 24.3 Å². The second kappa shape index (κ2) is 12.2. The Morgan fingerprint density at radius 1 is 1.00 bits per heavy atom. The van der Waals surface area contributed by atoms with Crippen LogP contribution in [-0.2, 0) is 14.3 Å². The van der Waals surface area contributed by atoms with Crippen LogP contribution in [0.1, 0.15) is 56.1 Å². The highest BCUT2D eigenvalue weighted by Gasteiger charge is 2.29. The Kier molecular flexibility index (Phi) is 9.08. The van der Waals surface area contributed by atoms with Crippen molar-refractivity contribution in [1.29, 1.82) is 0 Å². The van der Waals surface area contributed by atoms with Gasteiger partial charge in [-0.15, -0.1) is 0 Å². The molecule has 7 heteroatoms. The van der Waals surface area contributed by atoms with Gasteiger partial charge in [0.15, 0.2) is 0 Å². The molecule has 0 aromatic heterocycles. The Morgan fingerprint density at radius 3 is 2.21 bits per heavy atom. The highest BCUT2D eigenvalue weighted by atomic mass is 16.5. The lowest BCUT2D eigenvalue weighted by atomic mass is 9.94. The highest BCUT2D eigenvalue weighted by Crippen LogP contribution is 2.44. The molecule has 2 amide bonds. The van der Waals surface area contributed by atoms with Crippen LogP contribution in [0.4, 0.5) is 4.79 Å². The van der Waals surface area contributed by atoms with Crippen molar-refractivity contribution < 1.29 is 24.2 Å². The molecule has 0 saturated heterocycles. The molecule has 0 aliphatic heterocycles. The summed E-state index contributed by atoms with van der Waals surface area (Å²) in [5, 5.41) is 11.7. The van der Waals surface area contributed by atoms with Crippen molar-refractivity contribution in [2.24, 2.45) is 5.92 Å². The van der Waals surface area contributed by atoms with Crippen LogP contribution in [0.2, 0.25) is 0 Å². The SMILES string of the molecule is CCCC(CCNC(=O)OCC1c2ccccc2-c2ccccc21)CCC(=O)N(C)CC(=O)O. The van der Waals surface area contributed by atoms with E-state index in [-0.39, 0.29) is 30.9 Å². The van der Waals surface area contributed by atoms with E-state index in [0.29, 0.717) is 19.4 Å². The van der Waals surface area contributed by atoms with Crippen molar-refractivity contribution in [3.8, 4) is 11.1 Å². The second-order valence-electron chi connectivity index (χ2n) is 8.88. The lowest BCUT2D eigenvalue weighted by Crippen LogP contribution is -2.32. The summed E-state index contributed by atoms with van der Waals surface area (Å²) in [6.07, 6.45) is 3.21. The molecule has 1 atom stereocenters. The fourth-order valence-electron chi connectivity index (χ4n) is 4.68. The molecule has 1 aliphatic rings. The molecule has 0 saturated carbocycles. The predicted molar refractivity (Wildman–Crippen MR) is 131 cm³/mol. The van der Waals surface area contributed by atoms with Gasteiger partial charge >= 0.3 is 12.1 Å². The first kappa shape index (κ1) is 25.3. The van der Waals surface area contributed by atoms with Gasteiger partial charge in [-0.3, -0.25) is 9.59 Å². The Bertz CT molecular complexity index is 961. The summed E-state index contributed by atoms with van der Waals surface area (Å²) in [5.74, 6) is -0.887. The van der Waals surface area contributed by atoms with Crippen molar-refractivity contribution >= 4 is 18.0 Å². The van der Waals surface area contributed by atoms with E-state index >= 15 is 0 Å². The minimum atomic E-state index is -1.02. The van der Waals surface area contributed by atoms with E-state index in [9.17, 15) is 14.4 Å². The van der Waals surface area contributed by atoms with Gasteiger partial charge in [-0.1, -0.05) is 68.3 Å². The van der Waals surface area contributed by atoms with Gasteiger partial charge in [0.1, 0.15) is 13.2 Å². The number of rotatable bonds is 12. The summed E-state index contributed by atoms with van der Waals surface area (Å²) in [6, 6.07) is 16.5. The van der Waals surface area contributed by atoms with Crippen LogP contribution in [0, 0.1) is 5.92 Å². The third kappa shape index (κ3) is 6.59. The molecule has 1 aliphatic carbocycles. The Balaban J connectivity index is 1.44. The maximum Gasteiger partial charge on any atom is 0.407 e. The van der Waals surface area contributed by atoms with Crippen LogP contribution in [0.25, 0.3) is 11.1 Å². The van der Waals surface area contributed by atoms with Gasteiger partial charge in [-0.25, -0.2) is 4.79 Å². The smallest absolute Gasteiger partial charge is 0.407 e. The first-order chi connectivity index (χ1) is 16.4. The van der Waals surface area contributed by atoms with Gasteiger partial charge in [0.2, 0.25) is 5.91 Å². The minimum absolute atomic E-state index is 0.0276. The largest absolute Gasteiger partial charge is 0.480 e. The number of fused-ring (bicyclic) bond motifs is 3. The molecular formula is C27H34N2O5. The molecule has 0 bridgehead atoms. The predicted octanol–water partition coefficient (Wildman–Crippen LogP) is 4.65. The highest BCUT2D eigenvalue weighted by molar-refractivity contribution is 5.81. The summed E-state index contributed by atoms with van der Waals surface area (Å²) >= 11 is 0. The number of hydrogen-bond donors (Lipinski definition) is 2. The first-order valence-corrected chi connectivity index (χ1v) is 11.9. The average molecular weight is 467 g/mol. The fraction of sp³-hybridized carbons (Fsp3) is 0.444. The summed E-state index contributed by atoms with van der Waals surface area (Å²) in [6.45, 7) is 2.55. The maximum atomic E-state index is 12.4. The van der Waals surface area contributed by atoms with Crippen LogP contribution >= 0.6 is 0 Å². The number of likely N-dealkylation sites (N-methyl/N-ethyl adjacent to an activating group) is 1. The minimum Gasteiger partial charge on any atom is -0.480 e. The van der Waals surface area contributed by atoms with Crippen molar-refractivity contribution in [2.45, 2.75) is 44.9 Å². The Morgan fingerprint density at radius 2 is 1.62 bits per heavy atom. The van der Waals surface area contributed by atoms with Gasteiger partial charge in [0, 0.05) is 25.9 Å². The Hall–Kier alpha value is -3.35. The van der Waals surface area contributed by atoms with Crippen molar-refractivity contribution in [1.82, 2.24) is 10.2 Å². The molecule has 3 rings (SSSR count). The van der Waals surface area contributed by atoms with E-state index in [4.69, 9.17) is 9.84 Å². The molecule has 34 heavy (non-hydrogen) atoms. The molecule has 0 spiro atoms. The lowest BCUT2D eigenvalue weighted by molar-refractivity contribution is -0.143. The number of alkyl carbamates (subject to hydrolysis) is 1. The number of benzene rings is 2. The number of aliphatic carboxylic acids is 1. The van der Waals surface area contributed by atoms with Gasteiger partial charge < -0.3 is 20.1 Å². The molecule has 7 nitrogen and oxygen atoms in total. The molecular weight excluding hydrogens is 432 g/mol. The maximum absolute atomic E-state index is 12.4. The number of carboxylic acid groups (broad SMARTS) is 1. The molecule has 2 aromatic rings. The Labute approximate surface area is 201 Å². The van der Waals surface area contributed by atoms with E-state index in [0.717, 1.165) is 19.3 Å². The van der Waals surface area contributed by atoms with E-state index in [2.05, 4.69) is 36.5 Å². The summed E-state index contributed by atoms with van der Waals surface area (Å²) in [4.78, 5) is 36.5. The standard InChI is InChI=1S/C27H34N2O5/c1-3-8-19(13-14-25(30)29(2)17-26(31)32)15-16-28-27(33)34-18-24-22-11-6-4-9-20(22)21-10-5-7-12-23(21)24/h4-7,9-12,19,24H,3,8,13-18H2,1-2H3,(H,28,33)(H,31,32). The van der Waals surface area contributed by atoms with Gasteiger partial charge in [-0.2, -0.15) is 0 Å². The van der Waals surface area contributed by atoms with Crippen LogP contribution in [0.5, 0.6) is 0 Å². The molecule has 0 fully saturated rings. The first-order valence-electron chi connectivity index (χ1n) is 11.9. The number of carbonyl (C=O) groups is 3. The van der Waals surface area contributed by atoms with E-state index in [1.165, 1.54) is 34.2 Å². The van der Waals surface area contributed by atoms with Crippen LogP contribution < -0.4 is 5.32 Å². The van der Waals surface area contributed by atoms with Crippen molar-refractivity contribution in [3.63, 3.8) is 0 Å².